The molecule has 2 rings (SSSR count). The lowest BCUT2D eigenvalue weighted by Gasteiger charge is -2.14. The van der Waals surface area contributed by atoms with E-state index in [1.165, 1.54) is 26.4 Å². The fourth-order valence-corrected chi connectivity index (χ4v) is 3.26. The zero-order valence-corrected chi connectivity index (χ0v) is 15.3. The van der Waals surface area contributed by atoms with Crippen LogP contribution in [0.25, 0.3) is 0 Å². The molecule has 0 fully saturated rings. The molecule has 0 aromatic heterocycles. The molecule has 9 heteroatoms. The van der Waals surface area contributed by atoms with Gasteiger partial charge < -0.3 is 20.1 Å². The number of rotatable bonds is 7. The topological polar surface area (TPSA) is 93.7 Å². The lowest BCUT2D eigenvalue weighted by atomic mass is 10.2. The fraction of sp³-hybridized carbons (Fsp3) is 0.235. The number of sulfone groups is 1. The molecule has 140 valence electrons. The largest absolute Gasteiger partial charge is 0.497 e. The Bertz CT molecular complexity index is 915. The molecule has 0 saturated carbocycles. The lowest BCUT2D eigenvalue weighted by molar-refractivity contribution is -0.114. The zero-order chi connectivity index (χ0) is 19.3. The number of anilines is 2. The van der Waals surface area contributed by atoms with E-state index in [1.807, 2.05) is 0 Å². The molecule has 0 atom stereocenters. The Balaban J connectivity index is 2.13. The van der Waals surface area contributed by atoms with Crippen molar-refractivity contribution >= 4 is 27.1 Å². The summed E-state index contributed by atoms with van der Waals surface area (Å²) in [4.78, 5) is 11.7. The Morgan fingerprint density at radius 1 is 1.12 bits per heavy atom. The molecule has 0 unspecified atom stereocenters. The molecule has 0 aliphatic carbocycles. The number of halogens is 1. The zero-order valence-electron chi connectivity index (χ0n) is 14.5. The number of carbonyl (C=O) groups is 1. The van der Waals surface area contributed by atoms with Gasteiger partial charge in [0.05, 0.1) is 32.1 Å². The summed E-state index contributed by atoms with van der Waals surface area (Å²) < 4.78 is 47.6. The maximum atomic E-state index is 13.8. The maximum absolute atomic E-state index is 13.8. The molecular weight excluding hydrogens is 363 g/mol. The van der Waals surface area contributed by atoms with Crippen LogP contribution in [0.2, 0.25) is 0 Å². The minimum Gasteiger partial charge on any atom is -0.497 e. The molecule has 0 aliphatic rings. The SMILES string of the molecule is COc1ccc(NC(=O)CNc2cccc(F)c2S(C)(=O)=O)c(OC)c1. The molecule has 0 radical (unpaired) electrons. The van der Waals surface area contributed by atoms with Crippen LogP contribution in [0.3, 0.4) is 0 Å². The predicted molar refractivity (Wildman–Crippen MR) is 96.2 cm³/mol. The van der Waals surface area contributed by atoms with E-state index in [1.54, 1.807) is 18.2 Å². The number of nitrogens with one attached hydrogen (secondary N) is 2. The third-order valence-corrected chi connectivity index (χ3v) is 4.62. The van der Waals surface area contributed by atoms with Crippen molar-refractivity contribution in [3.63, 3.8) is 0 Å². The van der Waals surface area contributed by atoms with Crippen molar-refractivity contribution in [3.05, 3.63) is 42.2 Å². The van der Waals surface area contributed by atoms with Gasteiger partial charge in [-0.15, -0.1) is 0 Å². The minimum atomic E-state index is -3.79. The van der Waals surface area contributed by atoms with Crippen LogP contribution >= 0.6 is 0 Å². The van der Waals surface area contributed by atoms with Crippen molar-refractivity contribution in [1.29, 1.82) is 0 Å². The Hall–Kier alpha value is -2.81. The number of hydrogen-bond acceptors (Lipinski definition) is 6. The van der Waals surface area contributed by atoms with E-state index in [0.29, 0.717) is 17.2 Å². The molecule has 2 N–H and O–H groups in total. The van der Waals surface area contributed by atoms with Crippen LogP contribution in [-0.4, -0.2) is 41.3 Å². The monoisotopic (exact) mass is 382 g/mol. The second-order valence-electron chi connectivity index (χ2n) is 5.36. The van der Waals surface area contributed by atoms with Crippen molar-refractivity contribution in [2.24, 2.45) is 0 Å². The summed E-state index contributed by atoms with van der Waals surface area (Å²) in [5.41, 5.74) is 0.437. The molecule has 0 saturated heterocycles. The minimum absolute atomic E-state index is 0.0179. The van der Waals surface area contributed by atoms with Gasteiger partial charge in [0, 0.05) is 12.3 Å². The Labute approximate surface area is 151 Å². The van der Waals surface area contributed by atoms with E-state index in [4.69, 9.17) is 9.47 Å². The number of benzene rings is 2. The molecule has 2 aromatic carbocycles. The fourth-order valence-electron chi connectivity index (χ4n) is 2.30. The smallest absolute Gasteiger partial charge is 0.243 e. The molecule has 0 spiro atoms. The van der Waals surface area contributed by atoms with Crippen LogP contribution in [0.1, 0.15) is 0 Å². The second-order valence-corrected chi connectivity index (χ2v) is 7.31. The van der Waals surface area contributed by atoms with E-state index in [9.17, 15) is 17.6 Å². The van der Waals surface area contributed by atoms with Gasteiger partial charge in [0.25, 0.3) is 0 Å². The molecule has 7 nitrogen and oxygen atoms in total. The normalized spacial score (nSPS) is 10.9. The van der Waals surface area contributed by atoms with Gasteiger partial charge in [-0.1, -0.05) is 6.07 Å². The van der Waals surface area contributed by atoms with Crippen molar-refractivity contribution in [2.45, 2.75) is 4.90 Å². The van der Waals surface area contributed by atoms with Gasteiger partial charge in [-0.05, 0) is 24.3 Å². The maximum Gasteiger partial charge on any atom is 0.243 e. The summed E-state index contributed by atoms with van der Waals surface area (Å²) in [5.74, 6) is -0.372. The van der Waals surface area contributed by atoms with Gasteiger partial charge in [-0.2, -0.15) is 0 Å². The first-order chi connectivity index (χ1) is 12.3. The number of methoxy groups -OCH3 is 2. The summed E-state index contributed by atoms with van der Waals surface area (Å²) in [7, 11) is -0.831. The van der Waals surface area contributed by atoms with E-state index >= 15 is 0 Å². The highest BCUT2D eigenvalue weighted by Gasteiger charge is 2.19. The standard InChI is InChI=1S/C17H19FN2O5S/c1-24-11-7-8-13(15(9-11)25-2)20-16(21)10-19-14-6-4-5-12(18)17(14)26(3,22)23/h4-9,19H,10H2,1-3H3,(H,20,21). The average Bonchev–Trinajstić information content (AvgIpc) is 2.59. The van der Waals surface area contributed by atoms with E-state index in [-0.39, 0.29) is 12.2 Å². The quantitative estimate of drug-likeness (QED) is 0.763. The van der Waals surface area contributed by atoms with Gasteiger partial charge in [-0.25, -0.2) is 12.8 Å². The van der Waals surface area contributed by atoms with Crippen LogP contribution < -0.4 is 20.1 Å². The molecule has 26 heavy (non-hydrogen) atoms. The molecule has 0 aliphatic heterocycles. The van der Waals surface area contributed by atoms with Gasteiger partial charge in [0.2, 0.25) is 5.91 Å². The highest BCUT2D eigenvalue weighted by Crippen LogP contribution is 2.29. The van der Waals surface area contributed by atoms with Crippen molar-refractivity contribution in [3.8, 4) is 11.5 Å². The highest BCUT2D eigenvalue weighted by molar-refractivity contribution is 7.90. The van der Waals surface area contributed by atoms with Crippen LogP contribution in [0, 0.1) is 5.82 Å². The molecular formula is C17H19FN2O5S. The summed E-state index contributed by atoms with van der Waals surface area (Å²) in [6.45, 7) is -0.263. The van der Waals surface area contributed by atoms with Gasteiger partial charge in [-0.3, -0.25) is 4.79 Å². The molecule has 2 aromatic rings. The summed E-state index contributed by atoms with van der Waals surface area (Å²) >= 11 is 0. The average molecular weight is 382 g/mol. The number of hydrogen-bond donors (Lipinski definition) is 2. The first kappa shape index (κ1) is 19.5. The van der Waals surface area contributed by atoms with Crippen LogP contribution in [0.4, 0.5) is 15.8 Å². The van der Waals surface area contributed by atoms with Crippen LogP contribution in [0.15, 0.2) is 41.3 Å². The van der Waals surface area contributed by atoms with E-state index in [2.05, 4.69) is 10.6 Å². The van der Waals surface area contributed by atoms with Crippen molar-refractivity contribution in [2.75, 3.05) is 37.7 Å². The van der Waals surface area contributed by atoms with E-state index in [0.717, 1.165) is 12.3 Å². The predicted octanol–water partition coefficient (Wildman–Crippen LogP) is 2.30. The van der Waals surface area contributed by atoms with Gasteiger partial charge >= 0.3 is 0 Å². The Kier molecular flexibility index (Phi) is 6.04. The van der Waals surface area contributed by atoms with Crippen molar-refractivity contribution < 1.29 is 27.1 Å². The molecule has 0 bridgehead atoms. The highest BCUT2D eigenvalue weighted by atomic mass is 32.2. The summed E-state index contributed by atoms with van der Waals surface area (Å²) in [6.07, 6.45) is 0.902. The number of ether oxygens (including phenoxy) is 2. The lowest BCUT2D eigenvalue weighted by Crippen LogP contribution is -2.23. The van der Waals surface area contributed by atoms with Gasteiger partial charge in [0.1, 0.15) is 22.2 Å². The third kappa shape index (κ3) is 4.63. The second kappa shape index (κ2) is 8.05. The Morgan fingerprint density at radius 3 is 2.46 bits per heavy atom. The molecule has 0 heterocycles. The third-order valence-electron chi connectivity index (χ3n) is 3.46. The number of amides is 1. The van der Waals surface area contributed by atoms with Crippen molar-refractivity contribution in [1.82, 2.24) is 0 Å². The first-order valence-electron chi connectivity index (χ1n) is 7.50. The first-order valence-corrected chi connectivity index (χ1v) is 9.39. The summed E-state index contributed by atoms with van der Waals surface area (Å²) in [6, 6.07) is 8.66. The molecule has 1 amide bonds. The van der Waals surface area contributed by atoms with Crippen LogP contribution in [0.5, 0.6) is 11.5 Å². The summed E-state index contributed by atoms with van der Waals surface area (Å²) in [5, 5.41) is 5.27. The Morgan fingerprint density at radius 2 is 1.85 bits per heavy atom. The van der Waals surface area contributed by atoms with Gasteiger partial charge in [0.15, 0.2) is 9.84 Å². The van der Waals surface area contributed by atoms with E-state index < -0.39 is 26.5 Å². The number of carbonyl (C=O) groups excluding carboxylic acids is 1. The van der Waals surface area contributed by atoms with Crippen LogP contribution in [-0.2, 0) is 14.6 Å².